The van der Waals surface area contributed by atoms with Crippen LogP contribution in [0.2, 0.25) is 0 Å². The Morgan fingerprint density at radius 1 is 1.23 bits per heavy atom. The van der Waals surface area contributed by atoms with Gasteiger partial charge in [0.2, 0.25) is 10.0 Å². The largest absolute Gasteiger partial charge is 0.495 e. The third-order valence-electron chi connectivity index (χ3n) is 4.04. The maximum atomic E-state index is 12.5. The molecule has 0 saturated carbocycles. The molecule has 124 valence electrons. The Morgan fingerprint density at radius 2 is 1.86 bits per heavy atom. The molecular formula is C15H25N2O4S+. The summed E-state index contributed by atoms with van der Waals surface area (Å²) in [6, 6.07) is 3.43. The number of nitrogens with one attached hydrogen (secondary N) is 2. The van der Waals surface area contributed by atoms with Gasteiger partial charge in [0, 0.05) is 0 Å². The molecule has 1 aliphatic heterocycles. The van der Waals surface area contributed by atoms with Crippen LogP contribution in [-0.4, -0.2) is 54.9 Å². The molecule has 7 heteroatoms. The van der Waals surface area contributed by atoms with Crippen molar-refractivity contribution < 1.29 is 22.8 Å². The lowest BCUT2D eigenvalue weighted by Crippen LogP contribution is -3.14. The summed E-state index contributed by atoms with van der Waals surface area (Å²) in [5, 5.41) is 0. The van der Waals surface area contributed by atoms with Gasteiger partial charge in [-0.25, -0.2) is 13.1 Å². The number of quaternary nitrogens is 1. The van der Waals surface area contributed by atoms with Crippen LogP contribution in [-0.2, 0) is 14.8 Å². The van der Waals surface area contributed by atoms with Crippen LogP contribution in [0.5, 0.6) is 5.75 Å². The topological polar surface area (TPSA) is 69.1 Å². The quantitative estimate of drug-likeness (QED) is 0.739. The molecule has 1 aromatic rings. The second kappa shape index (κ2) is 7.41. The van der Waals surface area contributed by atoms with Crippen molar-refractivity contribution in [3.05, 3.63) is 23.3 Å². The van der Waals surface area contributed by atoms with E-state index < -0.39 is 10.0 Å². The highest BCUT2D eigenvalue weighted by Gasteiger charge is 2.21. The predicted molar refractivity (Wildman–Crippen MR) is 84.0 cm³/mol. The van der Waals surface area contributed by atoms with Crippen LogP contribution >= 0.6 is 0 Å². The maximum Gasteiger partial charge on any atom is 0.244 e. The summed E-state index contributed by atoms with van der Waals surface area (Å²) in [5.74, 6) is 0.384. The first kappa shape index (κ1) is 17.2. The second-order valence-corrected chi connectivity index (χ2v) is 7.33. The number of benzene rings is 1. The fourth-order valence-corrected chi connectivity index (χ4v) is 3.75. The molecule has 0 atom stereocenters. The van der Waals surface area contributed by atoms with E-state index >= 15 is 0 Å². The first-order valence-corrected chi connectivity index (χ1v) is 8.98. The molecule has 2 rings (SSSR count). The molecule has 0 spiro atoms. The lowest BCUT2D eigenvalue weighted by atomic mass is 10.1. The third kappa shape index (κ3) is 4.19. The van der Waals surface area contributed by atoms with Gasteiger partial charge in [-0.3, -0.25) is 0 Å². The van der Waals surface area contributed by atoms with Crippen molar-refractivity contribution >= 4 is 10.0 Å². The monoisotopic (exact) mass is 329 g/mol. The zero-order valence-electron chi connectivity index (χ0n) is 13.4. The fraction of sp³-hybridized carbons (Fsp3) is 0.600. The van der Waals surface area contributed by atoms with Crippen LogP contribution in [0.1, 0.15) is 11.1 Å². The molecule has 22 heavy (non-hydrogen) atoms. The Balaban J connectivity index is 2.04. The fourth-order valence-electron chi connectivity index (χ4n) is 2.48. The van der Waals surface area contributed by atoms with Crippen molar-refractivity contribution in [2.45, 2.75) is 18.7 Å². The predicted octanol–water partition coefficient (Wildman–Crippen LogP) is -0.495. The van der Waals surface area contributed by atoms with Gasteiger partial charge in [-0.1, -0.05) is 0 Å². The van der Waals surface area contributed by atoms with Crippen molar-refractivity contribution in [2.75, 3.05) is 46.5 Å². The minimum atomic E-state index is -3.56. The van der Waals surface area contributed by atoms with Crippen molar-refractivity contribution in [3.8, 4) is 5.75 Å². The summed E-state index contributed by atoms with van der Waals surface area (Å²) < 4.78 is 38.2. The van der Waals surface area contributed by atoms with Gasteiger partial charge in [-0.05, 0) is 37.1 Å². The third-order valence-corrected chi connectivity index (χ3v) is 5.52. The van der Waals surface area contributed by atoms with Gasteiger partial charge in [0.1, 0.15) is 23.7 Å². The zero-order chi connectivity index (χ0) is 16.2. The molecule has 0 aliphatic carbocycles. The van der Waals surface area contributed by atoms with Crippen LogP contribution in [0.25, 0.3) is 0 Å². The zero-order valence-corrected chi connectivity index (χ0v) is 14.3. The summed E-state index contributed by atoms with van der Waals surface area (Å²) in [7, 11) is -2.08. The van der Waals surface area contributed by atoms with Crippen molar-refractivity contribution in [2.24, 2.45) is 0 Å². The molecule has 0 amide bonds. The van der Waals surface area contributed by atoms with E-state index in [2.05, 4.69) is 4.72 Å². The molecule has 6 nitrogen and oxygen atoms in total. The highest BCUT2D eigenvalue weighted by molar-refractivity contribution is 7.89. The van der Waals surface area contributed by atoms with Gasteiger partial charge < -0.3 is 14.4 Å². The number of ether oxygens (including phenoxy) is 2. The number of aryl methyl sites for hydroxylation is 2. The summed E-state index contributed by atoms with van der Waals surface area (Å²) in [6.07, 6.45) is 0. The Hall–Kier alpha value is -1.15. The summed E-state index contributed by atoms with van der Waals surface area (Å²) in [6.45, 7) is 8.34. The summed E-state index contributed by atoms with van der Waals surface area (Å²) in [4.78, 5) is 1.57. The van der Waals surface area contributed by atoms with Gasteiger partial charge >= 0.3 is 0 Å². The number of hydrogen-bond acceptors (Lipinski definition) is 4. The van der Waals surface area contributed by atoms with Gasteiger partial charge in [0.25, 0.3) is 0 Å². The van der Waals surface area contributed by atoms with Crippen LogP contribution in [0, 0.1) is 13.8 Å². The highest BCUT2D eigenvalue weighted by Crippen LogP contribution is 2.26. The minimum Gasteiger partial charge on any atom is -0.495 e. The van der Waals surface area contributed by atoms with Crippen LogP contribution < -0.4 is 14.4 Å². The number of methoxy groups -OCH3 is 1. The normalized spacial score (nSPS) is 16.7. The summed E-state index contributed by atoms with van der Waals surface area (Å²) >= 11 is 0. The molecule has 1 fully saturated rings. The number of rotatable bonds is 6. The Morgan fingerprint density at radius 3 is 2.50 bits per heavy atom. The molecule has 1 heterocycles. The average molecular weight is 329 g/mol. The van der Waals surface area contributed by atoms with Crippen molar-refractivity contribution in [1.29, 1.82) is 0 Å². The van der Waals surface area contributed by atoms with Crippen molar-refractivity contribution in [1.82, 2.24) is 4.72 Å². The molecule has 0 unspecified atom stereocenters. The molecule has 0 radical (unpaired) electrons. The average Bonchev–Trinajstić information content (AvgIpc) is 2.50. The molecule has 1 saturated heterocycles. The van der Waals surface area contributed by atoms with E-state index in [9.17, 15) is 8.42 Å². The Labute approximate surface area is 132 Å². The lowest BCUT2D eigenvalue weighted by molar-refractivity contribution is -0.906. The first-order chi connectivity index (χ1) is 10.4. The smallest absolute Gasteiger partial charge is 0.244 e. The van der Waals surface area contributed by atoms with Crippen LogP contribution in [0.3, 0.4) is 0 Å². The SMILES string of the molecule is COc1cc(C)c(C)cc1S(=O)(=O)NCC[NH+]1CCOCC1. The van der Waals surface area contributed by atoms with E-state index in [0.29, 0.717) is 12.3 Å². The van der Waals surface area contributed by atoms with E-state index in [0.717, 1.165) is 44.0 Å². The Bertz CT molecular complexity index is 610. The van der Waals surface area contributed by atoms with Crippen molar-refractivity contribution in [3.63, 3.8) is 0 Å². The highest BCUT2D eigenvalue weighted by atomic mass is 32.2. The number of morpholine rings is 1. The minimum absolute atomic E-state index is 0.204. The second-order valence-electron chi connectivity index (χ2n) is 5.60. The molecule has 2 N–H and O–H groups in total. The van der Waals surface area contributed by atoms with Gasteiger partial charge in [-0.15, -0.1) is 0 Å². The molecule has 1 aliphatic rings. The molecule has 1 aromatic carbocycles. The van der Waals surface area contributed by atoms with E-state index in [4.69, 9.17) is 9.47 Å². The Kier molecular flexibility index (Phi) is 5.80. The van der Waals surface area contributed by atoms with Gasteiger partial charge in [0.05, 0.1) is 33.4 Å². The maximum absolute atomic E-state index is 12.5. The van der Waals surface area contributed by atoms with E-state index in [1.54, 1.807) is 12.1 Å². The van der Waals surface area contributed by atoms with Crippen LogP contribution in [0.15, 0.2) is 17.0 Å². The molecular weight excluding hydrogens is 304 g/mol. The standard InChI is InChI=1S/C15H24N2O4S/c1-12-10-14(20-3)15(11-13(12)2)22(18,19)16-4-5-17-6-8-21-9-7-17/h10-11,16H,4-9H2,1-3H3/p+1. The van der Waals surface area contributed by atoms with Gasteiger partial charge in [0.15, 0.2) is 0 Å². The summed E-state index contributed by atoms with van der Waals surface area (Å²) in [5.41, 5.74) is 1.94. The van der Waals surface area contributed by atoms with E-state index in [1.165, 1.54) is 12.0 Å². The van der Waals surface area contributed by atoms with E-state index in [1.807, 2.05) is 13.8 Å². The number of sulfonamides is 1. The number of hydrogen-bond donors (Lipinski definition) is 2. The lowest BCUT2D eigenvalue weighted by Gasteiger charge is -2.23. The van der Waals surface area contributed by atoms with Crippen LogP contribution in [0.4, 0.5) is 0 Å². The molecule has 0 aromatic heterocycles. The van der Waals surface area contributed by atoms with E-state index in [-0.39, 0.29) is 4.90 Å². The first-order valence-electron chi connectivity index (χ1n) is 7.50. The molecule has 0 bridgehead atoms. The van der Waals surface area contributed by atoms with Gasteiger partial charge in [-0.2, -0.15) is 0 Å².